The van der Waals surface area contributed by atoms with Gasteiger partial charge in [0.2, 0.25) is 0 Å². The third-order valence-electron chi connectivity index (χ3n) is 2.89. The Morgan fingerprint density at radius 2 is 2.05 bits per heavy atom. The lowest BCUT2D eigenvalue weighted by molar-refractivity contribution is -0.129. The fourth-order valence-electron chi connectivity index (χ4n) is 1.88. The summed E-state index contributed by atoms with van der Waals surface area (Å²) in [6, 6.07) is 5.71. The molecule has 0 spiro atoms. The second kappa shape index (κ2) is 8.36. The zero-order valence-electron chi connectivity index (χ0n) is 13.7. The third-order valence-corrected chi connectivity index (χ3v) is 2.89. The Labute approximate surface area is 131 Å². The molecule has 1 atom stereocenters. The van der Waals surface area contributed by atoms with Gasteiger partial charge in [-0.2, -0.15) is 0 Å². The maximum absolute atomic E-state index is 11.8. The van der Waals surface area contributed by atoms with Crippen LogP contribution in [0.4, 0.5) is 4.79 Å². The molecule has 2 amide bonds. The van der Waals surface area contributed by atoms with E-state index in [1.165, 1.54) is 7.05 Å². The number of alkyl carbamates (subject to hydrolysis) is 1. The first kappa shape index (κ1) is 17.9. The highest BCUT2D eigenvalue weighted by Gasteiger charge is 2.23. The van der Waals surface area contributed by atoms with Gasteiger partial charge in [0, 0.05) is 24.5 Å². The predicted molar refractivity (Wildman–Crippen MR) is 84.4 cm³/mol. The van der Waals surface area contributed by atoms with Gasteiger partial charge in [-0.25, -0.2) is 4.79 Å². The van der Waals surface area contributed by atoms with Crippen molar-refractivity contribution in [3.8, 4) is 0 Å². The largest absolute Gasteiger partial charge is 0.436 e. The number of hydrogen-bond acceptors (Lipinski definition) is 4. The Hall–Kier alpha value is -2.11. The monoisotopic (exact) mass is 307 g/mol. The van der Waals surface area contributed by atoms with Crippen LogP contribution in [0.5, 0.6) is 0 Å². The van der Waals surface area contributed by atoms with Gasteiger partial charge in [0.1, 0.15) is 0 Å². The molecule has 0 saturated heterocycles. The molecule has 0 aliphatic heterocycles. The second-order valence-electron chi connectivity index (χ2n) is 6.10. The number of pyridine rings is 1. The first-order valence-corrected chi connectivity index (χ1v) is 7.42. The van der Waals surface area contributed by atoms with Crippen LogP contribution in [0, 0.1) is 0 Å². The molecule has 6 nitrogen and oxygen atoms in total. The predicted octanol–water partition coefficient (Wildman–Crippen LogP) is 2.04. The summed E-state index contributed by atoms with van der Waals surface area (Å²) in [6.45, 7) is 5.55. The van der Waals surface area contributed by atoms with Crippen LogP contribution in [0.25, 0.3) is 0 Å². The lowest BCUT2D eigenvalue weighted by Crippen LogP contribution is -2.45. The number of likely N-dealkylation sites (N-methyl/N-ethyl adjacent to an activating group) is 1. The Bertz CT molecular complexity index is 483. The molecular weight excluding hydrogens is 282 g/mol. The molecule has 122 valence electrons. The molecular formula is C16H25N3O3. The number of aromatic nitrogens is 1. The smallest absolute Gasteiger partial charge is 0.408 e. The molecule has 1 aromatic rings. The number of amides is 2. The van der Waals surface area contributed by atoms with Gasteiger partial charge >= 0.3 is 6.09 Å². The SMILES string of the molecule is CNC(=O)[C@H](CCCc1ccccn1)OC(=O)NC(C)(C)C. The maximum atomic E-state index is 11.8. The number of nitrogens with one attached hydrogen (secondary N) is 2. The standard InChI is InChI=1S/C16H25N3O3/c1-16(2,3)19-15(21)22-13(14(20)17-4)10-7-9-12-8-5-6-11-18-12/h5-6,8,11,13H,7,9-10H2,1-4H3,(H,17,20)(H,19,21)/t13-/m0/s1. The minimum absolute atomic E-state index is 0.301. The Morgan fingerprint density at radius 3 is 2.59 bits per heavy atom. The van der Waals surface area contributed by atoms with Gasteiger partial charge in [0.25, 0.3) is 5.91 Å². The zero-order valence-corrected chi connectivity index (χ0v) is 13.7. The number of nitrogens with zero attached hydrogens (tertiary/aromatic N) is 1. The Kier molecular flexibility index (Phi) is 6.82. The fraction of sp³-hybridized carbons (Fsp3) is 0.562. The molecule has 0 aliphatic carbocycles. The summed E-state index contributed by atoms with van der Waals surface area (Å²) in [5, 5.41) is 5.21. The highest BCUT2D eigenvalue weighted by Crippen LogP contribution is 2.09. The number of ether oxygens (including phenoxy) is 1. The molecule has 22 heavy (non-hydrogen) atoms. The van der Waals surface area contributed by atoms with E-state index in [4.69, 9.17) is 4.74 Å². The summed E-state index contributed by atoms with van der Waals surface area (Å²) in [7, 11) is 1.53. The second-order valence-corrected chi connectivity index (χ2v) is 6.10. The van der Waals surface area contributed by atoms with Crippen LogP contribution in [-0.2, 0) is 16.0 Å². The number of aryl methyl sites for hydroxylation is 1. The van der Waals surface area contributed by atoms with Crippen molar-refractivity contribution in [1.82, 2.24) is 15.6 Å². The molecule has 0 fully saturated rings. The lowest BCUT2D eigenvalue weighted by atomic mass is 10.1. The minimum Gasteiger partial charge on any atom is -0.436 e. The van der Waals surface area contributed by atoms with Crippen LogP contribution in [0.3, 0.4) is 0 Å². The highest BCUT2D eigenvalue weighted by atomic mass is 16.6. The average Bonchev–Trinajstić information content (AvgIpc) is 2.44. The van der Waals surface area contributed by atoms with E-state index in [1.54, 1.807) is 6.20 Å². The van der Waals surface area contributed by atoms with E-state index in [-0.39, 0.29) is 5.91 Å². The van der Waals surface area contributed by atoms with Crippen LogP contribution in [0.2, 0.25) is 0 Å². The quantitative estimate of drug-likeness (QED) is 0.843. The van der Waals surface area contributed by atoms with Crippen LogP contribution in [0.1, 0.15) is 39.3 Å². The van der Waals surface area contributed by atoms with E-state index in [9.17, 15) is 9.59 Å². The number of rotatable bonds is 6. The van der Waals surface area contributed by atoms with Crippen LogP contribution < -0.4 is 10.6 Å². The van der Waals surface area contributed by atoms with E-state index in [2.05, 4.69) is 15.6 Å². The first-order chi connectivity index (χ1) is 10.3. The van der Waals surface area contributed by atoms with Crippen molar-refractivity contribution >= 4 is 12.0 Å². The fourth-order valence-corrected chi connectivity index (χ4v) is 1.88. The molecule has 6 heteroatoms. The van der Waals surface area contributed by atoms with Gasteiger partial charge < -0.3 is 15.4 Å². The molecule has 0 unspecified atom stereocenters. The molecule has 0 aromatic carbocycles. The van der Waals surface area contributed by atoms with Crippen molar-refractivity contribution in [1.29, 1.82) is 0 Å². The van der Waals surface area contributed by atoms with E-state index >= 15 is 0 Å². The first-order valence-electron chi connectivity index (χ1n) is 7.42. The molecule has 0 aliphatic rings. The van der Waals surface area contributed by atoms with Gasteiger partial charge in [0.15, 0.2) is 6.10 Å². The van der Waals surface area contributed by atoms with Gasteiger partial charge in [-0.05, 0) is 52.2 Å². The molecule has 0 bridgehead atoms. The summed E-state index contributed by atoms with van der Waals surface area (Å²) in [6.07, 6.45) is 2.25. The van der Waals surface area contributed by atoms with E-state index in [1.807, 2.05) is 39.0 Å². The van der Waals surface area contributed by atoms with E-state index in [0.29, 0.717) is 12.8 Å². The molecule has 0 radical (unpaired) electrons. The molecule has 2 N–H and O–H groups in total. The number of hydrogen-bond donors (Lipinski definition) is 2. The molecule has 0 saturated carbocycles. The van der Waals surface area contributed by atoms with Gasteiger partial charge in [-0.3, -0.25) is 9.78 Å². The van der Waals surface area contributed by atoms with Gasteiger partial charge in [0.05, 0.1) is 0 Å². The normalized spacial score (nSPS) is 12.4. The minimum atomic E-state index is -0.795. The van der Waals surface area contributed by atoms with Crippen LogP contribution >= 0.6 is 0 Å². The average molecular weight is 307 g/mol. The van der Waals surface area contributed by atoms with Crippen molar-refractivity contribution < 1.29 is 14.3 Å². The Morgan fingerprint density at radius 1 is 1.32 bits per heavy atom. The third kappa shape index (κ3) is 7.06. The maximum Gasteiger partial charge on any atom is 0.408 e. The summed E-state index contributed by atoms with van der Waals surface area (Å²) in [5.74, 6) is -0.301. The van der Waals surface area contributed by atoms with Crippen molar-refractivity contribution in [3.63, 3.8) is 0 Å². The summed E-state index contributed by atoms with van der Waals surface area (Å²) >= 11 is 0. The van der Waals surface area contributed by atoms with Crippen molar-refractivity contribution in [2.45, 2.75) is 51.7 Å². The lowest BCUT2D eigenvalue weighted by Gasteiger charge is -2.23. The van der Waals surface area contributed by atoms with Crippen molar-refractivity contribution in [2.75, 3.05) is 7.05 Å². The summed E-state index contributed by atoms with van der Waals surface area (Å²) in [5.41, 5.74) is 0.551. The van der Waals surface area contributed by atoms with Crippen molar-refractivity contribution in [2.24, 2.45) is 0 Å². The topological polar surface area (TPSA) is 80.3 Å². The Balaban J connectivity index is 2.50. The van der Waals surface area contributed by atoms with Crippen molar-refractivity contribution in [3.05, 3.63) is 30.1 Å². The molecule has 1 aromatic heterocycles. The van der Waals surface area contributed by atoms with E-state index in [0.717, 1.165) is 12.1 Å². The summed E-state index contributed by atoms with van der Waals surface area (Å²) < 4.78 is 5.23. The highest BCUT2D eigenvalue weighted by molar-refractivity contribution is 5.83. The van der Waals surface area contributed by atoms with E-state index < -0.39 is 17.7 Å². The molecule has 1 rings (SSSR count). The van der Waals surface area contributed by atoms with Gasteiger partial charge in [-0.1, -0.05) is 6.07 Å². The van der Waals surface area contributed by atoms with Gasteiger partial charge in [-0.15, -0.1) is 0 Å². The number of carbonyl (C=O) groups excluding carboxylic acids is 2. The zero-order chi connectivity index (χ0) is 16.6. The van der Waals surface area contributed by atoms with Crippen LogP contribution in [0.15, 0.2) is 24.4 Å². The molecule has 1 heterocycles. The summed E-state index contributed by atoms with van der Waals surface area (Å²) in [4.78, 5) is 27.8. The van der Waals surface area contributed by atoms with Crippen LogP contribution in [-0.4, -0.2) is 35.7 Å². The number of carbonyl (C=O) groups is 2.